The Morgan fingerprint density at radius 1 is 1.33 bits per heavy atom. The van der Waals surface area contributed by atoms with Gasteiger partial charge in [0, 0.05) is 32.1 Å². The van der Waals surface area contributed by atoms with Crippen LogP contribution in [0.15, 0.2) is 18.5 Å². The Morgan fingerprint density at radius 3 is 2.73 bits per heavy atom. The molecule has 0 saturated heterocycles. The first-order valence-corrected chi connectivity index (χ1v) is 4.50. The van der Waals surface area contributed by atoms with Gasteiger partial charge in [0.2, 0.25) is 5.95 Å². The van der Waals surface area contributed by atoms with Crippen molar-refractivity contribution in [1.29, 1.82) is 0 Å². The lowest BCUT2D eigenvalue weighted by atomic mass is 10.2. The van der Waals surface area contributed by atoms with Crippen molar-refractivity contribution >= 4 is 11.6 Å². The van der Waals surface area contributed by atoms with Crippen LogP contribution in [0.25, 0.3) is 11.4 Å². The molecule has 0 aliphatic heterocycles. The fourth-order valence-corrected chi connectivity index (χ4v) is 1.38. The van der Waals surface area contributed by atoms with E-state index in [9.17, 15) is 0 Å². The van der Waals surface area contributed by atoms with E-state index in [2.05, 4.69) is 20.5 Å². The van der Waals surface area contributed by atoms with E-state index in [1.807, 2.05) is 17.7 Å². The molecule has 15 heavy (non-hydrogen) atoms. The second-order valence-corrected chi connectivity index (χ2v) is 3.16. The maximum absolute atomic E-state index is 5.65. The second kappa shape index (κ2) is 3.56. The van der Waals surface area contributed by atoms with Crippen molar-refractivity contribution in [3.8, 4) is 11.4 Å². The van der Waals surface area contributed by atoms with E-state index in [-0.39, 0.29) is 0 Å². The lowest BCUT2D eigenvalue weighted by molar-refractivity contribution is 0.924. The minimum absolute atomic E-state index is 0.613. The minimum Gasteiger partial charge on any atom is -0.397 e. The van der Waals surface area contributed by atoms with E-state index >= 15 is 0 Å². The number of nitrogens with one attached hydrogen (secondary N) is 1. The monoisotopic (exact) mass is 204 g/mol. The summed E-state index contributed by atoms with van der Waals surface area (Å²) in [5, 5.41) is 11.0. The number of aromatic nitrogens is 4. The number of anilines is 2. The van der Waals surface area contributed by atoms with E-state index in [1.54, 1.807) is 19.4 Å². The molecule has 0 saturated carbocycles. The Hall–Kier alpha value is -2.11. The molecule has 0 amide bonds. The molecule has 0 atom stereocenters. The Labute approximate surface area is 87.2 Å². The van der Waals surface area contributed by atoms with E-state index < -0.39 is 0 Å². The summed E-state index contributed by atoms with van der Waals surface area (Å²) in [6.45, 7) is 0. The van der Waals surface area contributed by atoms with Crippen LogP contribution in [0.1, 0.15) is 0 Å². The molecule has 0 bridgehead atoms. The van der Waals surface area contributed by atoms with Gasteiger partial charge in [0.1, 0.15) is 0 Å². The molecular weight excluding hydrogens is 192 g/mol. The van der Waals surface area contributed by atoms with Crippen LogP contribution >= 0.6 is 0 Å². The number of nitrogens with zero attached hydrogens (tertiary/aromatic N) is 4. The summed E-state index contributed by atoms with van der Waals surface area (Å²) in [4.78, 5) is 4.01. The van der Waals surface area contributed by atoms with E-state index in [0.29, 0.717) is 11.6 Å². The normalized spacial score (nSPS) is 10.3. The zero-order valence-electron chi connectivity index (χ0n) is 8.60. The second-order valence-electron chi connectivity index (χ2n) is 3.16. The number of nitrogen functional groups attached to an aromatic ring is 1. The molecule has 6 heteroatoms. The summed E-state index contributed by atoms with van der Waals surface area (Å²) in [5.41, 5.74) is 7.12. The van der Waals surface area contributed by atoms with Gasteiger partial charge in [-0.15, -0.1) is 10.2 Å². The summed E-state index contributed by atoms with van der Waals surface area (Å²) in [6.07, 6.45) is 3.30. The van der Waals surface area contributed by atoms with E-state index in [1.165, 1.54) is 0 Å². The van der Waals surface area contributed by atoms with Crippen LogP contribution in [-0.4, -0.2) is 26.8 Å². The highest BCUT2D eigenvalue weighted by molar-refractivity contribution is 5.60. The quantitative estimate of drug-likeness (QED) is 0.744. The first-order chi connectivity index (χ1) is 7.22. The summed E-state index contributed by atoms with van der Waals surface area (Å²) >= 11 is 0. The lowest BCUT2D eigenvalue weighted by Crippen LogP contribution is -2.00. The fourth-order valence-electron chi connectivity index (χ4n) is 1.38. The van der Waals surface area contributed by atoms with Crippen molar-refractivity contribution < 1.29 is 0 Å². The van der Waals surface area contributed by atoms with Crippen LogP contribution in [0, 0.1) is 0 Å². The first kappa shape index (κ1) is 9.45. The van der Waals surface area contributed by atoms with Gasteiger partial charge in [-0.25, -0.2) is 0 Å². The molecule has 0 fully saturated rings. The van der Waals surface area contributed by atoms with Crippen LogP contribution in [0.3, 0.4) is 0 Å². The van der Waals surface area contributed by atoms with Gasteiger partial charge in [-0.05, 0) is 6.07 Å². The van der Waals surface area contributed by atoms with Crippen LogP contribution in [-0.2, 0) is 7.05 Å². The fraction of sp³-hybridized carbons (Fsp3) is 0.222. The van der Waals surface area contributed by atoms with Gasteiger partial charge < -0.3 is 11.1 Å². The summed E-state index contributed by atoms with van der Waals surface area (Å²) in [5.74, 6) is 1.44. The third-order valence-corrected chi connectivity index (χ3v) is 2.12. The molecule has 0 unspecified atom stereocenters. The molecule has 3 N–H and O–H groups in total. The highest BCUT2D eigenvalue weighted by Gasteiger charge is 2.09. The number of hydrogen-bond acceptors (Lipinski definition) is 5. The minimum atomic E-state index is 0.613. The molecule has 2 heterocycles. The Bertz CT molecular complexity index is 475. The maximum atomic E-state index is 5.65. The number of pyridine rings is 1. The largest absolute Gasteiger partial charge is 0.397 e. The van der Waals surface area contributed by atoms with Crippen molar-refractivity contribution in [2.45, 2.75) is 0 Å². The summed E-state index contributed by atoms with van der Waals surface area (Å²) in [6, 6.07) is 1.82. The predicted octanol–water partition coefficient (Wildman–Crippen LogP) is 0.501. The standard InChI is InChI=1S/C9H12N6/c1-11-9-14-13-8(15(9)2)6-3-7(10)5-12-4-6/h3-5H,10H2,1-2H3,(H,11,14). The summed E-state index contributed by atoms with van der Waals surface area (Å²) in [7, 11) is 3.68. The van der Waals surface area contributed by atoms with Crippen molar-refractivity contribution in [2.75, 3.05) is 18.1 Å². The molecule has 0 aromatic carbocycles. The third-order valence-electron chi connectivity index (χ3n) is 2.12. The molecule has 0 spiro atoms. The van der Waals surface area contributed by atoms with E-state index in [0.717, 1.165) is 11.4 Å². The zero-order valence-corrected chi connectivity index (χ0v) is 8.60. The van der Waals surface area contributed by atoms with Gasteiger partial charge in [0.05, 0.1) is 5.69 Å². The maximum Gasteiger partial charge on any atom is 0.224 e. The molecule has 2 aromatic heterocycles. The number of nitrogens with two attached hydrogens (primary N) is 1. The Balaban J connectivity index is 2.49. The molecule has 2 rings (SSSR count). The molecule has 6 nitrogen and oxygen atoms in total. The SMILES string of the molecule is CNc1nnc(-c2cncc(N)c2)n1C. The molecule has 78 valence electrons. The van der Waals surface area contributed by atoms with Gasteiger partial charge >= 0.3 is 0 Å². The van der Waals surface area contributed by atoms with Crippen LogP contribution in [0.5, 0.6) is 0 Å². The van der Waals surface area contributed by atoms with Crippen molar-refractivity contribution in [3.05, 3.63) is 18.5 Å². The highest BCUT2D eigenvalue weighted by Crippen LogP contribution is 2.19. The molecular formula is C9H12N6. The lowest BCUT2D eigenvalue weighted by Gasteiger charge is -2.03. The average molecular weight is 204 g/mol. The number of rotatable bonds is 2. The van der Waals surface area contributed by atoms with Crippen LogP contribution in [0.2, 0.25) is 0 Å². The first-order valence-electron chi connectivity index (χ1n) is 4.50. The predicted molar refractivity (Wildman–Crippen MR) is 58.2 cm³/mol. The van der Waals surface area contributed by atoms with Crippen molar-refractivity contribution in [3.63, 3.8) is 0 Å². The van der Waals surface area contributed by atoms with Gasteiger partial charge in [-0.2, -0.15) is 0 Å². The summed E-state index contributed by atoms with van der Waals surface area (Å²) < 4.78 is 1.84. The van der Waals surface area contributed by atoms with Crippen molar-refractivity contribution in [1.82, 2.24) is 19.7 Å². The van der Waals surface area contributed by atoms with Gasteiger partial charge in [-0.1, -0.05) is 0 Å². The van der Waals surface area contributed by atoms with Gasteiger partial charge in [0.15, 0.2) is 5.82 Å². The molecule has 0 aliphatic rings. The molecule has 2 aromatic rings. The Kier molecular flexibility index (Phi) is 2.24. The molecule has 0 radical (unpaired) electrons. The number of hydrogen-bond donors (Lipinski definition) is 2. The topological polar surface area (TPSA) is 81.7 Å². The van der Waals surface area contributed by atoms with Gasteiger partial charge in [-0.3, -0.25) is 9.55 Å². The van der Waals surface area contributed by atoms with E-state index in [4.69, 9.17) is 5.73 Å². The smallest absolute Gasteiger partial charge is 0.224 e. The highest BCUT2D eigenvalue weighted by atomic mass is 15.3. The average Bonchev–Trinajstić information content (AvgIpc) is 2.59. The van der Waals surface area contributed by atoms with Gasteiger partial charge in [0.25, 0.3) is 0 Å². The zero-order chi connectivity index (χ0) is 10.8. The van der Waals surface area contributed by atoms with Crippen molar-refractivity contribution in [2.24, 2.45) is 7.05 Å². The molecule has 0 aliphatic carbocycles. The van der Waals surface area contributed by atoms with Crippen LogP contribution in [0.4, 0.5) is 11.6 Å². The Morgan fingerprint density at radius 2 is 2.13 bits per heavy atom. The van der Waals surface area contributed by atoms with Crippen LogP contribution < -0.4 is 11.1 Å². The third kappa shape index (κ3) is 1.61.